The highest BCUT2D eigenvalue weighted by Gasteiger charge is 2.43. The molecular weight excluding hydrogens is 412 g/mol. The summed E-state index contributed by atoms with van der Waals surface area (Å²) in [5.41, 5.74) is -5.65. The molecule has 1 fully saturated rings. The zero-order valence-corrected chi connectivity index (χ0v) is 17.7. The molecule has 1 unspecified atom stereocenters. The molecule has 1 aromatic rings. The maximum absolute atomic E-state index is 10.7. The monoisotopic (exact) mass is 434 g/mol. The van der Waals surface area contributed by atoms with Crippen LogP contribution in [0.15, 0.2) is 30.3 Å². The molecule has 0 spiro atoms. The maximum atomic E-state index is 10.7. The van der Waals surface area contributed by atoms with Crippen molar-refractivity contribution in [1.29, 1.82) is 0 Å². The Morgan fingerprint density at radius 1 is 1.08 bits per heavy atom. The third kappa shape index (κ3) is 6.94. The van der Waals surface area contributed by atoms with Crippen LogP contribution < -0.4 is 5.30 Å². The third-order valence-corrected chi connectivity index (χ3v) is 13.2. The highest BCUT2D eigenvalue weighted by atomic mass is 32.2. The lowest BCUT2D eigenvalue weighted by atomic mass is 10.3. The van der Waals surface area contributed by atoms with Gasteiger partial charge in [-0.25, -0.2) is 8.42 Å². The van der Waals surface area contributed by atoms with E-state index in [-0.39, 0.29) is 0 Å². The zero-order valence-electron chi connectivity index (χ0n) is 14.4. The summed E-state index contributed by atoms with van der Waals surface area (Å²) >= 11 is 4.41. The van der Waals surface area contributed by atoms with Gasteiger partial charge in [0.2, 0.25) is 0 Å². The molecule has 1 saturated heterocycles. The van der Waals surface area contributed by atoms with E-state index in [0.717, 1.165) is 14.8 Å². The summed E-state index contributed by atoms with van der Waals surface area (Å²) in [5.74, 6) is 0. The fourth-order valence-corrected chi connectivity index (χ4v) is 11.0. The number of hydrogen-bond acceptors (Lipinski definition) is 5. The quantitative estimate of drug-likeness (QED) is 0.388. The summed E-state index contributed by atoms with van der Waals surface area (Å²) in [6.07, 6.45) is 1.36. The van der Waals surface area contributed by atoms with Crippen LogP contribution in [0.25, 0.3) is 0 Å². The van der Waals surface area contributed by atoms with Crippen molar-refractivity contribution in [3.8, 4) is 0 Å². The molecule has 1 aliphatic rings. The van der Waals surface area contributed by atoms with Crippen molar-refractivity contribution in [2.75, 3.05) is 13.3 Å². The topological polar surface area (TPSA) is 57.2 Å². The fraction of sp³-hybridized carbons (Fsp3) is 0.600. The molecule has 1 aliphatic heterocycles. The molecule has 0 amide bonds. The maximum Gasteiger partial charge on any atom is 0.485 e. The van der Waals surface area contributed by atoms with E-state index in [1.807, 2.05) is 0 Å². The van der Waals surface area contributed by atoms with Crippen molar-refractivity contribution in [3.05, 3.63) is 30.3 Å². The lowest BCUT2D eigenvalue weighted by Gasteiger charge is -2.35. The van der Waals surface area contributed by atoms with Crippen molar-refractivity contribution in [2.24, 2.45) is 0 Å². The van der Waals surface area contributed by atoms with Crippen LogP contribution in [-0.2, 0) is 10.1 Å². The minimum Gasteiger partial charge on any atom is -0.741 e. The highest BCUT2D eigenvalue weighted by Crippen LogP contribution is 2.66. The Labute approximate surface area is 156 Å². The van der Waals surface area contributed by atoms with Crippen LogP contribution in [0.5, 0.6) is 0 Å². The molecule has 3 nitrogen and oxygen atoms in total. The van der Waals surface area contributed by atoms with E-state index in [2.05, 4.69) is 81.0 Å². The van der Waals surface area contributed by atoms with Crippen molar-refractivity contribution in [1.82, 2.24) is 0 Å². The third-order valence-electron chi connectivity index (χ3n) is 3.59. The van der Waals surface area contributed by atoms with Gasteiger partial charge in [0.05, 0.1) is 25.9 Å². The highest BCUT2D eigenvalue weighted by molar-refractivity contribution is 8.27. The van der Waals surface area contributed by atoms with Crippen LogP contribution >= 0.6 is 30.8 Å². The second-order valence-electron chi connectivity index (χ2n) is 6.21. The van der Waals surface area contributed by atoms with Crippen molar-refractivity contribution in [2.45, 2.75) is 40.6 Å². The van der Waals surface area contributed by atoms with Crippen LogP contribution in [0.1, 0.15) is 20.3 Å². The standard InChI is InChI=1S/C14H22PS2.CHF3O3S/c1-11-10-12(2)17-14(16-11)15(3,4)13-8-6-5-7-9-13;2-1(3,4)8(5,6)7/h5-9,11-12,14H,10H2,1-4H3;(H,5,6,7)/q+1;/p-1/t11-,12+,14?;. The van der Waals surface area contributed by atoms with Gasteiger partial charge in [0.25, 0.3) is 0 Å². The van der Waals surface area contributed by atoms with Gasteiger partial charge in [-0.05, 0) is 18.6 Å². The van der Waals surface area contributed by atoms with E-state index < -0.39 is 22.9 Å². The number of hydrogen-bond donors (Lipinski definition) is 0. The zero-order chi connectivity index (χ0) is 19.5. The predicted octanol–water partition coefficient (Wildman–Crippen LogP) is 4.57. The first-order valence-electron chi connectivity index (χ1n) is 7.47. The van der Waals surface area contributed by atoms with Crippen LogP contribution in [-0.4, -0.2) is 46.6 Å². The van der Waals surface area contributed by atoms with Gasteiger partial charge in [-0.15, -0.1) is 23.5 Å². The van der Waals surface area contributed by atoms with Crippen LogP contribution in [0.3, 0.4) is 0 Å². The lowest BCUT2D eigenvalue weighted by molar-refractivity contribution is -0.0517. The summed E-state index contributed by atoms with van der Waals surface area (Å²) in [4.78, 5) is 0. The Balaban J connectivity index is 0.000000333. The number of thioether (sulfide) groups is 2. The summed E-state index contributed by atoms with van der Waals surface area (Å²) in [7, 11) is -7.11. The number of alkyl halides is 3. The van der Waals surface area contributed by atoms with Gasteiger partial charge in [0, 0.05) is 10.5 Å². The molecule has 0 aromatic heterocycles. The molecule has 1 aromatic carbocycles. The molecule has 0 N–H and O–H groups in total. The summed E-state index contributed by atoms with van der Waals surface area (Å²) < 4.78 is 59.7. The van der Waals surface area contributed by atoms with Gasteiger partial charge in [0.15, 0.2) is 14.4 Å². The minimum absolute atomic E-state index is 0.781. The SMILES string of the molecule is C[C@@H]1C[C@H](C)SC([P+](C)(C)c2ccccc2)S1.O=S(=O)([O-])C(F)(F)F. The molecule has 144 valence electrons. The van der Waals surface area contributed by atoms with E-state index in [9.17, 15) is 13.2 Å². The van der Waals surface area contributed by atoms with E-state index in [1.165, 1.54) is 6.42 Å². The average Bonchev–Trinajstić information content (AvgIpc) is 2.45. The molecule has 2 rings (SSSR count). The Hall–Kier alpha value is 0.0500. The fourth-order valence-electron chi connectivity index (χ4n) is 2.25. The van der Waals surface area contributed by atoms with E-state index in [4.69, 9.17) is 13.0 Å². The molecule has 3 atom stereocenters. The van der Waals surface area contributed by atoms with Crippen molar-refractivity contribution >= 4 is 46.2 Å². The smallest absolute Gasteiger partial charge is 0.485 e. The number of benzene rings is 1. The van der Waals surface area contributed by atoms with Crippen LogP contribution in [0.2, 0.25) is 0 Å². The van der Waals surface area contributed by atoms with Gasteiger partial charge in [-0.3, -0.25) is 0 Å². The van der Waals surface area contributed by atoms with Gasteiger partial charge >= 0.3 is 5.51 Å². The summed E-state index contributed by atoms with van der Waals surface area (Å²) in [5, 5.41) is 3.21. The first-order valence-corrected chi connectivity index (χ1v) is 13.5. The van der Waals surface area contributed by atoms with Gasteiger partial charge < -0.3 is 4.55 Å². The van der Waals surface area contributed by atoms with E-state index in [1.54, 1.807) is 5.30 Å². The second-order valence-corrected chi connectivity index (χ2v) is 15.8. The summed E-state index contributed by atoms with van der Waals surface area (Å²) in [6, 6.07) is 11.1. The molecule has 0 radical (unpaired) electrons. The summed E-state index contributed by atoms with van der Waals surface area (Å²) in [6.45, 7) is 9.77. The van der Waals surface area contributed by atoms with Gasteiger partial charge in [-0.2, -0.15) is 13.2 Å². The lowest BCUT2D eigenvalue weighted by Crippen LogP contribution is -2.25. The Morgan fingerprint density at radius 2 is 1.48 bits per heavy atom. The first kappa shape index (κ1) is 23.1. The van der Waals surface area contributed by atoms with Crippen molar-refractivity contribution < 1.29 is 26.1 Å². The Morgan fingerprint density at radius 3 is 1.84 bits per heavy atom. The number of rotatable bonds is 2. The normalized spacial score (nSPS) is 25.0. The molecule has 25 heavy (non-hydrogen) atoms. The molecule has 0 bridgehead atoms. The van der Waals surface area contributed by atoms with Crippen LogP contribution in [0, 0.1) is 0 Å². The molecule has 10 heteroatoms. The Kier molecular flexibility index (Phi) is 8.15. The molecule has 1 heterocycles. The van der Waals surface area contributed by atoms with E-state index >= 15 is 0 Å². The predicted molar refractivity (Wildman–Crippen MR) is 103 cm³/mol. The molecule has 0 aliphatic carbocycles. The molecular formula is C15H22F3O3PS3. The average molecular weight is 435 g/mol. The van der Waals surface area contributed by atoms with Crippen molar-refractivity contribution in [3.63, 3.8) is 0 Å². The second kappa shape index (κ2) is 8.83. The molecule has 0 saturated carbocycles. The first-order chi connectivity index (χ1) is 11.2. The van der Waals surface area contributed by atoms with Crippen LogP contribution in [0.4, 0.5) is 13.2 Å². The Bertz CT molecular complexity index is 641. The largest absolute Gasteiger partial charge is 0.741 e. The van der Waals surface area contributed by atoms with E-state index in [0.29, 0.717) is 0 Å². The van der Waals surface area contributed by atoms with Gasteiger partial charge in [-0.1, -0.05) is 32.0 Å². The minimum atomic E-state index is -6.09. The van der Waals surface area contributed by atoms with Gasteiger partial charge in [0.1, 0.15) is 0 Å². The number of halogens is 3.